The van der Waals surface area contributed by atoms with Crippen molar-refractivity contribution in [3.05, 3.63) is 65.7 Å². The minimum Gasteiger partial charge on any atom is -0.342 e. The summed E-state index contributed by atoms with van der Waals surface area (Å²) in [5.41, 5.74) is 1.95. The highest BCUT2D eigenvalue weighted by Crippen LogP contribution is 2.23. The molecule has 158 valence electrons. The molecular weight excluding hydrogens is 378 g/mol. The van der Waals surface area contributed by atoms with Crippen molar-refractivity contribution in [1.82, 2.24) is 9.80 Å². The summed E-state index contributed by atoms with van der Waals surface area (Å²) in [6.45, 7) is 3.69. The Morgan fingerprint density at radius 3 is 2.53 bits per heavy atom. The molecule has 2 aromatic carbocycles. The second-order valence-corrected chi connectivity index (χ2v) is 7.78. The molecule has 3 rings (SSSR count). The quantitative estimate of drug-likeness (QED) is 0.728. The molecule has 6 nitrogen and oxygen atoms in total. The van der Waals surface area contributed by atoms with Crippen LogP contribution in [0.2, 0.25) is 0 Å². The smallest absolute Gasteiger partial charge is 0.256 e. The zero-order chi connectivity index (χ0) is 21.5. The first-order valence-electron chi connectivity index (χ1n) is 10.5. The number of para-hydroxylation sites is 1. The fraction of sp³-hybridized carbons (Fsp3) is 0.375. The number of hydrogen-bond donors (Lipinski definition) is 1. The van der Waals surface area contributed by atoms with Crippen molar-refractivity contribution in [3.8, 4) is 0 Å². The van der Waals surface area contributed by atoms with Gasteiger partial charge in [0, 0.05) is 33.1 Å². The number of anilines is 1. The summed E-state index contributed by atoms with van der Waals surface area (Å²) in [6, 6.07) is 16.8. The molecule has 0 aliphatic carbocycles. The second-order valence-electron chi connectivity index (χ2n) is 7.78. The van der Waals surface area contributed by atoms with Crippen LogP contribution in [0, 0.1) is 5.92 Å². The van der Waals surface area contributed by atoms with E-state index >= 15 is 0 Å². The van der Waals surface area contributed by atoms with E-state index in [1.807, 2.05) is 30.3 Å². The van der Waals surface area contributed by atoms with E-state index in [-0.39, 0.29) is 30.1 Å². The molecule has 3 amide bonds. The molecule has 1 unspecified atom stereocenters. The van der Waals surface area contributed by atoms with E-state index in [0.29, 0.717) is 30.9 Å². The molecule has 0 aromatic heterocycles. The van der Waals surface area contributed by atoms with Gasteiger partial charge in [-0.15, -0.1) is 0 Å². The molecule has 1 fully saturated rings. The Bertz CT molecular complexity index is 898. The van der Waals surface area contributed by atoms with Gasteiger partial charge in [-0.2, -0.15) is 0 Å². The molecule has 1 atom stereocenters. The molecule has 0 spiro atoms. The Hall–Kier alpha value is -3.15. The number of likely N-dealkylation sites (tertiary alicyclic amines) is 1. The van der Waals surface area contributed by atoms with Crippen LogP contribution in [0.1, 0.15) is 42.1 Å². The lowest BCUT2D eigenvalue weighted by Gasteiger charge is -2.20. The van der Waals surface area contributed by atoms with Crippen LogP contribution >= 0.6 is 0 Å². The van der Waals surface area contributed by atoms with Gasteiger partial charge in [0.15, 0.2) is 0 Å². The van der Waals surface area contributed by atoms with Crippen LogP contribution in [-0.4, -0.2) is 47.7 Å². The van der Waals surface area contributed by atoms with Gasteiger partial charge in [-0.25, -0.2) is 0 Å². The van der Waals surface area contributed by atoms with Crippen LogP contribution in [0.5, 0.6) is 0 Å². The van der Waals surface area contributed by atoms with Gasteiger partial charge < -0.3 is 15.1 Å². The van der Waals surface area contributed by atoms with E-state index in [9.17, 15) is 14.4 Å². The number of nitrogens with one attached hydrogen (secondary N) is 1. The van der Waals surface area contributed by atoms with Crippen LogP contribution in [-0.2, 0) is 16.1 Å². The van der Waals surface area contributed by atoms with Gasteiger partial charge in [0.2, 0.25) is 11.8 Å². The summed E-state index contributed by atoms with van der Waals surface area (Å²) in [6.07, 6.45) is 2.16. The fourth-order valence-corrected chi connectivity index (χ4v) is 3.66. The molecule has 1 aliphatic rings. The molecule has 1 heterocycles. The highest BCUT2D eigenvalue weighted by atomic mass is 16.2. The molecule has 6 heteroatoms. The van der Waals surface area contributed by atoms with Crippen molar-refractivity contribution in [1.29, 1.82) is 0 Å². The average molecular weight is 408 g/mol. The van der Waals surface area contributed by atoms with Crippen LogP contribution in [0.25, 0.3) is 0 Å². The molecule has 1 saturated heterocycles. The largest absolute Gasteiger partial charge is 0.342 e. The lowest BCUT2D eigenvalue weighted by molar-refractivity contribution is -0.128. The summed E-state index contributed by atoms with van der Waals surface area (Å²) in [7, 11) is 1.75. The van der Waals surface area contributed by atoms with Crippen molar-refractivity contribution in [3.63, 3.8) is 0 Å². The lowest BCUT2D eigenvalue weighted by Crippen LogP contribution is -2.30. The summed E-state index contributed by atoms with van der Waals surface area (Å²) in [5, 5.41) is 2.88. The van der Waals surface area contributed by atoms with Gasteiger partial charge >= 0.3 is 0 Å². The number of unbranched alkanes of at least 4 members (excludes halogenated alkanes) is 1. The topological polar surface area (TPSA) is 69.7 Å². The summed E-state index contributed by atoms with van der Waals surface area (Å²) in [4.78, 5) is 41.4. The average Bonchev–Trinajstić information content (AvgIpc) is 3.13. The van der Waals surface area contributed by atoms with Crippen LogP contribution < -0.4 is 5.32 Å². The molecule has 0 radical (unpaired) electrons. The van der Waals surface area contributed by atoms with E-state index < -0.39 is 0 Å². The lowest BCUT2D eigenvalue weighted by atomic mass is 10.1. The SMILES string of the molecule is CCCCN1CC(C(=O)Nc2ccccc2C(=O)N(C)Cc2ccccc2)CC1=O. The minimum absolute atomic E-state index is 0.0237. The summed E-state index contributed by atoms with van der Waals surface area (Å²) >= 11 is 0. The third kappa shape index (κ3) is 5.26. The van der Waals surface area contributed by atoms with E-state index in [0.717, 1.165) is 18.4 Å². The third-order valence-corrected chi connectivity index (χ3v) is 5.39. The zero-order valence-corrected chi connectivity index (χ0v) is 17.6. The van der Waals surface area contributed by atoms with Crippen molar-refractivity contribution in [2.45, 2.75) is 32.7 Å². The van der Waals surface area contributed by atoms with Crippen LogP contribution in [0.3, 0.4) is 0 Å². The first kappa shape index (κ1) is 21.6. The van der Waals surface area contributed by atoms with Gasteiger partial charge in [0.05, 0.1) is 17.2 Å². The van der Waals surface area contributed by atoms with Crippen molar-refractivity contribution >= 4 is 23.4 Å². The van der Waals surface area contributed by atoms with E-state index in [2.05, 4.69) is 12.2 Å². The first-order chi connectivity index (χ1) is 14.5. The van der Waals surface area contributed by atoms with E-state index in [1.165, 1.54) is 0 Å². The van der Waals surface area contributed by atoms with Crippen molar-refractivity contribution < 1.29 is 14.4 Å². The van der Waals surface area contributed by atoms with E-state index in [1.54, 1.807) is 41.1 Å². The van der Waals surface area contributed by atoms with Gasteiger partial charge in [-0.05, 0) is 24.1 Å². The summed E-state index contributed by atoms with van der Waals surface area (Å²) in [5.74, 6) is -0.745. The van der Waals surface area contributed by atoms with Gasteiger partial charge in [-0.1, -0.05) is 55.8 Å². The monoisotopic (exact) mass is 407 g/mol. The zero-order valence-electron chi connectivity index (χ0n) is 17.6. The minimum atomic E-state index is -0.389. The van der Waals surface area contributed by atoms with E-state index in [4.69, 9.17) is 0 Å². The standard InChI is InChI=1S/C24H29N3O3/c1-3-4-14-27-17-19(15-22(27)28)23(29)25-21-13-9-8-12-20(21)24(30)26(2)16-18-10-6-5-7-11-18/h5-13,19H,3-4,14-17H2,1-2H3,(H,25,29). The molecule has 2 aromatic rings. The third-order valence-electron chi connectivity index (χ3n) is 5.39. The second kappa shape index (κ2) is 10.1. The fourth-order valence-electron chi connectivity index (χ4n) is 3.66. The molecule has 0 saturated carbocycles. The molecular formula is C24H29N3O3. The van der Waals surface area contributed by atoms with Crippen LogP contribution in [0.15, 0.2) is 54.6 Å². The summed E-state index contributed by atoms with van der Waals surface area (Å²) < 4.78 is 0. The normalized spacial score (nSPS) is 15.9. The first-order valence-corrected chi connectivity index (χ1v) is 10.5. The highest BCUT2D eigenvalue weighted by Gasteiger charge is 2.34. The number of carbonyl (C=O) groups excluding carboxylic acids is 3. The number of amides is 3. The number of rotatable bonds is 8. The van der Waals surface area contributed by atoms with Crippen LogP contribution in [0.4, 0.5) is 5.69 Å². The number of benzene rings is 2. The Morgan fingerprint density at radius 1 is 1.10 bits per heavy atom. The number of hydrogen-bond acceptors (Lipinski definition) is 3. The maximum absolute atomic E-state index is 13.0. The predicted octanol–water partition coefficient (Wildman–Crippen LogP) is 3.55. The Kier molecular flexibility index (Phi) is 7.22. The van der Waals surface area contributed by atoms with Crippen molar-refractivity contribution in [2.24, 2.45) is 5.92 Å². The number of nitrogens with zero attached hydrogens (tertiary/aromatic N) is 2. The van der Waals surface area contributed by atoms with Gasteiger partial charge in [0.25, 0.3) is 5.91 Å². The molecule has 1 N–H and O–H groups in total. The number of carbonyl (C=O) groups is 3. The molecule has 1 aliphatic heterocycles. The van der Waals surface area contributed by atoms with Crippen molar-refractivity contribution in [2.75, 3.05) is 25.5 Å². The van der Waals surface area contributed by atoms with Gasteiger partial charge in [-0.3, -0.25) is 14.4 Å². The van der Waals surface area contributed by atoms with Gasteiger partial charge in [0.1, 0.15) is 0 Å². The highest BCUT2D eigenvalue weighted by molar-refractivity contribution is 6.05. The molecule has 30 heavy (non-hydrogen) atoms. The predicted molar refractivity (Wildman–Crippen MR) is 117 cm³/mol. The maximum atomic E-state index is 13.0. The Balaban J connectivity index is 1.67. The molecule has 0 bridgehead atoms. The Morgan fingerprint density at radius 2 is 1.80 bits per heavy atom. The Labute approximate surface area is 177 Å². The maximum Gasteiger partial charge on any atom is 0.256 e.